The van der Waals surface area contributed by atoms with E-state index in [0.717, 1.165) is 6.42 Å². The zero-order valence-electron chi connectivity index (χ0n) is 20.1. The number of anilines is 1. The number of pyridine rings is 1. The number of ether oxygens (including phenoxy) is 2. The lowest BCUT2D eigenvalue weighted by Gasteiger charge is -2.11. The standard InChI is InChI=1S/C27H27N3O5/c1-5-17-6-8-19(9-7-17)29-26(32)22-13-21-18(15-31)14-28-16(2)25(21)35-27(22)30-23-11-10-20(33-3)12-24(23)34-4/h6-14,31H,5,15H2,1-4H3,(H,29,32). The summed E-state index contributed by atoms with van der Waals surface area (Å²) in [5.41, 5.74) is 4.16. The summed E-state index contributed by atoms with van der Waals surface area (Å²) in [4.78, 5) is 22.3. The first-order chi connectivity index (χ1) is 17.0. The van der Waals surface area contributed by atoms with Crippen molar-refractivity contribution in [3.05, 3.63) is 82.7 Å². The summed E-state index contributed by atoms with van der Waals surface area (Å²) in [6, 6.07) is 14.5. The van der Waals surface area contributed by atoms with Gasteiger partial charge in [-0.05, 0) is 49.2 Å². The van der Waals surface area contributed by atoms with Crippen molar-refractivity contribution in [2.24, 2.45) is 4.99 Å². The second-order valence-corrected chi connectivity index (χ2v) is 7.89. The van der Waals surface area contributed by atoms with Gasteiger partial charge in [0.1, 0.15) is 22.7 Å². The van der Waals surface area contributed by atoms with Crippen molar-refractivity contribution >= 4 is 28.3 Å². The van der Waals surface area contributed by atoms with Gasteiger partial charge in [-0.1, -0.05) is 19.1 Å². The normalized spacial score (nSPS) is 11.5. The van der Waals surface area contributed by atoms with Gasteiger partial charge in [0, 0.05) is 28.9 Å². The summed E-state index contributed by atoms with van der Waals surface area (Å²) in [7, 11) is 3.09. The molecule has 0 radical (unpaired) electrons. The number of aliphatic hydroxyl groups is 1. The van der Waals surface area contributed by atoms with Crippen molar-refractivity contribution in [2.75, 3.05) is 19.5 Å². The molecule has 8 nitrogen and oxygen atoms in total. The third-order valence-electron chi connectivity index (χ3n) is 5.69. The van der Waals surface area contributed by atoms with E-state index in [1.165, 1.54) is 12.7 Å². The number of aromatic nitrogens is 1. The van der Waals surface area contributed by atoms with Gasteiger partial charge in [0.25, 0.3) is 5.91 Å². The number of methoxy groups -OCH3 is 2. The Morgan fingerprint density at radius 1 is 1.11 bits per heavy atom. The second kappa shape index (κ2) is 10.4. The van der Waals surface area contributed by atoms with E-state index >= 15 is 0 Å². The number of rotatable bonds is 7. The molecule has 0 aliphatic heterocycles. The zero-order chi connectivity index (χ0) is 24.9. The van der Waals surface area contributed by atoms with Gasteiger partial charge in [0.05, 0.1) is 26.5 Å². The lowest BCUT2D eigenvalue weighted by Crippen LogP contribution is -2.22. The molecule has 4 aromatic rings. The molecule has 8 heteroatoms. The number of benzene rings is 2. The number of hydrogen-bond acceptors (Lipinski definition) is 7. The average Bonchev–Trinajstić information content (AvgIpc) is 2.89. The van der Waals surface area contributed by atoms with E-state index in [9.17, 15) is 9.90 Å². The fourth-order valence-electron chi connectivity index (χ4n) is 3.67. The van der Waals surface area contributed by atoms with Crippen LogP contribution >= 0.6 is 0 Å². The van der Waals surface area contributed by atoms with E-state index in [1.807, 2.05) is 24.3 Å². The van der Waals surface area contributed by atoms with Gasteiger partial charge in [0.15, 0.2) is 5.58 Å². The maximum absolute atomic E-state index is 13.4. The molecule has 4 rings (SSSR count). The van der Waals surface area contributed by atoms with Crippen LogP contribution in [0.5, 0.6) is 11.5 Å². The minimum Gasteiger partial charge on any atom is -0.497 e. The van der Waals surface area contributed by atoms with E-state index in [1.54, 1.807) is 44.5 Å². The lowest BCUT2D eigenvalue weighted by atomic mass is 10.1. The van der Waals surface area contributed by atoms with Crippen LogP contribution in [0.4, 0.5) is 11.4 Å². The highest BCUT2D eigenvalue weighted by atomic mass is 16.5. The Kier molecular flexibility index (Phi) is 7.12. The number of nitrogens with zero attached hydrogens (tertiary/aromatic N) is 2. The number of hydrogen-bond donors (Lipinski definition) is 2. The number of carbonyl (C=O) groups is 1. The predicted molar refractivity (Wildman–Crippen MR) is 133 cm³/mol. The van der Waals surface area contributed by atoms with Gasteiger partial charge in [-0.2, -0.15) is 0 Å². The van der Waals surface area contributed by atoms with Crippen LogP contribution < -0.4 is 20.3 Å². The Bertz CT molecular complexity index is 1440. The van der Waals surface area contributed by atoms with Gasteiger partial charge >= 0.3 is 0 Å². The fraction of sp³-hybridized carbons (Fsp3) is 0.222. The van der Waals surface area contributed by atoms with Gasteiger partial charge in [-0.3, -0.25) is 9.78 Å². The first-order valence-electron chi connectivity index (χ1n) is 11.2. The molecule has 0 spiro atoms. The highest BCUT2D eigenvalue weighted by molar-refractivity contribution is 6.05. The van der Waals surface area contributed by atoms with Crippen LogP contribution in [0.2, 0.25) is 0 Å². The molecule has 0 unspecified atom stereocenters. The Labute approximate surface area is 202 Å². The van der Waals surface area contributed by atoms with Crippen molar-refractivity contribution in [2.45, 2.75) is 26.9 Å². The zero-order valence-corrected chi connectivity index (χ0v) is 20.1. The number of fused-ring (bicyclic) bond motifs is 1. The number of amides is 1. The predicted octanol–water partition coefficient (Wildman–Crippen LogP) is 4.69. The van der Waals surface area contributed by atoms with E-state index in [4.69, 9.17) is 13.9 Å². The summed E-state index contributed by atoms with van der Waals surface area (Å²) < 4.78 is 16.9. The molecule has 35 heavy (non-hydrogen) atoms. The van der Waals surface area contributed by atoms with E-state index in [0.29, 0.717) is 45.1 Å². The van der Waals surface area contributed by atoms with Crippen molar-refractivity contribution in [3.63, 3.8) is 0 Å². The van der Waals surface area contributed by atoms with Crippen LogP contribution in [0.15, 0.2) is 64.1 Å². The first-order valence-corrected chi connectivity index (χ1v) is 11.2. The Morgan fingerprint density at radius 2 is 1.89 bits per heavy atom. The Balaban J connectivity index is 1.91. The molecule has 180 valence electrons. The molecule has 2 heterocycles. The van der Waals surface area contributed by atoms with Crippen molar-refractivity contribution < 1.29 is 23.8 Å². The molecule has 0 aliphatic rings. The smallest absolute Gasteiger partial charge is 0.261 e. The van der Waals surface area contributed by atoms with E-state index in [2.05, 4.69) is 22.2 Å². The Hall–Kier alpha value is -4.17. The summed E-state index contributed by atoms with van der Waals surface area (Å²) in [5.74, 6) is 0.668. The topological polar surface area (TPSA) is 106 Å². The second-order valence-electron chi connectivity index (χ2n) is 7.89. The summed E-state index contributed by atoms with van der Waals surface area (Å²) >= 11 is 0. The molecular formula is C27H27N3O5. The van der Waals surface area contributed by atoms with E-state index < -0.39 is 5.91 Å². The van der Waals surface area contributed by atoms with Crippen LogP contribution in [-0.2, 0) is 13.0 Å². The molecule has 0 bridgehead atoms. The molecule has 0 atom stereocenters. The van der Waals surface area contributed by atoms with E-state index in [-0.39, 0.29) is 17.7 Å². The summed E-state index contributed by atoms with van der Waals surface area (Å²) in [6.07, 6.45) is 2.48. The molecular weight excluding hydrogens is 446 g/mol. The summed E-state index contributed by atoms with van der Waals surface area (Å²) in [6.45, 7) is 3.61. The summed E-state index contributed by atoms with van der Waals surface area (Å²) in [5, 5.41) is 13.3. The first kappa shape index (κ1) is 24.0. The molecule has 2 aromatic heterocycles. The largest absolute Gasteiger partial charge is 0.497 e. The third-order valence-corrected chi connectivity index (χ3v) is 5.69. The SMILES string of the molecule is CCc1ccc(NC(=O)c2cc3c(CO)cnc(C)c3oc2=Nc2ccc(OC)cc2OC)cc1. The molecule has 1 amide bonds. The van der Waals surface area contributed by atoms with Gasteiger partial charge < -0.3 is 24.3 Å². The minimum absolute atomic E-state index is 0.0867. The van der Waals surface area contributed by atoms with Gasteiger partial charge in [-0.15, -0.1) is 0 Å². The quantitative estimate of drug-likeness (QED) is 0.403. The van der Waals surface area contributed by atoms with Crippen molar-refractivity contribution in [3.8, 4) is 11.5 Å². The average molecular weight is 474 g/mol. The molecule has 0 saturated heterocycles. The molecule has 2 aromatic carbocycles. The van der Waals surface area contributed by atoms with Crippen molar-refractivity contribution in [1.82, 2.24) is 4.98 Å². The number of carbonyl (C=O) groups excluding carboxylic acids is 1. The monoisotopic (exact) mass is 473 g/mol. The number of aryl methyl sites for hydroxylation is 2. The van der Waals surface area contributed by atoms with Crippen LogP contribution in [0, 0.1) is 6.92 Å². The maximum Gasteiger partial charge on any atom is 0.261 e. The van der Waals surface area contributed by atoms with Crippen LogP contribution in [0.3, 0.4) is 0 Å². The van der Waals surface area contributed by atoms with Crippen LogP contribution in [0.25, 0.3) is 11.0 Å². The molecule has 0 aliphatic carbocycles. The fourth-order valence-corrected chi connectivity index (χ4v) is 3.67. The van der Waals surface area contributed by atoms with Crippen LogP contribution in [-0.4, -0.2) is 30.2 Å². The molecule has 0 fully saturated rings. The van der Waals surface area contributed by atoms with Gasteiger partial charge in [-0.25, -0.2) is 4.99 Å². The molecule has 2 N–H and O–H groups in total. The molecule has 0 saturated carbocycles. The third kappa shape index (κ3) is 5.02. The minimum atomic E-state index is -0.399. The highest BCUT2D eigenvalue weighted by Crippen LogP contribution is 2.31. The van der Waals surface area contributed by atoms with Gasteiger partial charge in [0.2, 0.25) is 5.55 Å². The lowest BCUT2D eigenvalue weighted by molar-refractivity contribution is 0.102. The highest BCUT2D eigenvalue weighted by Gasteiger charge is 2.17. The number of aliphatic hydroxyl groups excluding tert-OH is 1. The number of nitrogens with one attached hydrogen (secondary N) is 1. The van der Waals surface area contributed by atoms with Crippen LogP contribution in [0.1, 0.15) is 34.1 Å². The maximum atomic E-state index is 13.4. The Morgan fingerprint density at radius 3 is 2.54 bits per heavy atom. The van der Waals surface area contributed by atoms with Crippen molar-refractivity contribution in [1.29, 1.82) is 0 Å².